The Balaban J connectivity index is 1.90. The number of carboxylic acid groups (broad SMARTS) is 1. The van der Waals surface area contributed by atoms with Crippen molar-refractivity contribution in [1.82, 2.24) is 5.32 Å². The first kappa shape index (κ1) is 18.2. The van der Waals surface area contributed by atoms with Gasteiger partial charge in [0.2, 0.25) is 0 Å². The van der Waals surface area contributed by atoms with Gasteiger partial charge in [-0.3, -0.25) is 9.59 Å². The Morgan fingerprint density at radius 3 is 2.35 bits per heavy atom. The van der Waals surface area contributed by atoms with Crippen molar-refractivity contribution >= 4 is 35.4 Å². The molecule has 1 fully saturated rings. The van der Waals surface area contributed by atoms with E-state index in [1.54, 1.807) is 0 Å². The molecule has 4 nitrogen and oxygen atoms in total. The van der Waals surface area contributed by atoms with Gasteiger partial charge in [-0.2, -0.15) is 0 Å². The molecule has 1 saturated heterocycles. The highest BCUT2D eigenvalue weighted by Gasteiger charge is 2.21. The lowest BCUT2D eigenvalue weighted by Gasteiger charge is -2.15. The molecule has 0 spiro atoms. The maximum atomic E-state index is 12.2. The van der Waals surface area contributed by atoms with Crippen LogP contribution in [0.4, 0.5) is 0 Å². The van der Waals surface area contributed by atoms with Crippen molar-refractivity contribution in [2.75, 3.05) is 18.1 Å². The van der Waals surface area contributed by atoms with Crippen LogP contribution in [0.1, 0.15) is 40.8 Å². The molecule has 0 saturated carbocycles. The fourth-order valence-electron chi connectivity index (χ4n) is 2.50. The van der Waals surface area contributed by atoms with Gasteiger partial charge in [0.25, 0.3) is 5.91 Å². The van der Waals surface area contributed by atoms with E-state index in [0.717, 1.165) is 0 Å². The largest absolute Gasteiger partial charge is 0.481 e. The second-order valence-corrected chi connectivity index (χ2v) is 8.79. The Labute approximate surface area is 145 Å². The van der Waals surface area contributed by atoms with Crippen LogP contribution in [0.15, 0.2) is 24.3 Å². The van der Waals surface area contributed by atoms with E-state index >= 15 is 0 Å². The Kier molecular flexibility index (Phi) is 6.84. The minimum atomic E-state index is -0.857. The van der Waals surface area contributed by atoms with Crippen LogP contribution in [0, 0.1) is 11.8 Å². The van der Waals surface area contributed by atoms with Crippen LogP contribution >= 0.6 is 23.5 Å². The molecule has 1 amide bonds. The number of rotatable bonds is 7. The van der Waals surface area contributed by atoms with Gasteiger partial charge in [-0.1, -0.05) is 26.0 Å². The Bertz CT molecular complexity index is 539. The lowest BCUT2D eigenvalue weighted by Crippen LogP contribution is -2.33. The number of nitrogens with one attached hydrogen (secondary N) is 1. The fourth-order valence-corrected chi connectivity index (χ4v) is 5.36. The van der Waals surface area contributed by atoms with Gasteiger partial charge in [0.05, 0.1) is 10.5 Å². The maximum Gasteiger partial charge on any atom is 0.308 e. The lowest BCUT2D eigenvalue weighted by atomic mass is 9.97. The summed E-state index contributed by atoms with van der Waals surface area (Å²) in [7, 11) is 0. The van der Waals surface area contributed by atoms with Gasteiger partial charge in [0.15, 0.2) is 0 Å². The molecule has 1 aromatic rings. The minimum absolute atomic E-state index is 0.169. The highest BCUT2D eigenvalue weighted by Crippen LogP contribution is 2.45. The summed E-state index contributed by atoms with van der Waals surface area (Å²) in [6.45, 7) is 4.13. The molecule has 0 aromatic heterocycles. The average Bonchev–Trinajstić information content (AvgIpc) is 3.05. The zero-order chi connectivity index (χ0) is 16.8. The van der Waals surface area contributed by atoms with E-state index in [0.29, 0.717) is 16.6 Å². The van der Waals surface area contributed by atoms with Crippen molar-refractivity contribution in [3.05, 3.63) is 35.4 Å². The molecule has 1 heterocycles. The second kappa shape index (κ2) is 8.64. The van der Waals surface area contributed by atoms with Gasteiger partial charge in [-0.05, 0) is 30.0 Å². The third-order valence-electron chi connectivity index (χ3n) is 3.68. The predicted octanol–water partition coefficient (Wildman–Crippen LogP) is 3.64. The third kappa shape index (κ3) is 5.46. The molecule has 1 aromatic carbocycles. The Morgan fingerprint density at radius 2 is 1.83 bits per heavy atom. The summed E-state index contributed by atoms with van der Waals surface area (Å²) in [6, 6.07) is 7.63. The number of carbonyl (C=O) groups is 2. The van der Waals surface area contributed by atoms with Crippen molar-refractivity contribution in [1.29, 1.82) is 0 Å². The average molecular weight is 354 g/mol. The summed E-state index contributed by atoms with van der Waals surface area (Å²) in [6.07, 6.45) is 0.560. The molecule has 23 heavy (non-hydrogen) atoms. The summed E-state index contributed by atoms with van der Waals surface area (Å²) in [5.41, 5.74) is 1.81. The van der Waals surface area contributed by atoms with Crippen LogP contribution in [-0.4, -0.2) is 35.0 Å². The first-order valence-corrected chi connectivity index (χ1v) is 9.91. The maximum absolute atomic E-state index is 12.2. The fraction of sp³-hybridized carbons (Fsp3) is 0.529. The number of thioether (sulfide) groups is 2. The number of hydrogen-bond acceptors (Lipinski definition) is 4. The molecule has 126 valence electrons. The number of amides is 1. The number of aliphatic carboxylic acids is 1. The highest BCUT2D eigenvalue weighted by molar-refractivity contribution is 8.19. The molecule has 0 radical (unpaired) electrons. The summed E-state index contributed by atoms with van der Waals surface area (Å²) in [5.74, 6) is 1.02. The molecule has 1 aliphatic rings. The van der Waals surface area contributed by atoms with E-state index in [-0.39, 0.29) is 18.4 Å². The number of carboxylic acids is 1. The van der Waals surface area contributed by atoms with E-state index in [1.165, 1.54) is 17.1 Å². The van der Waals surface area contributed by atoms with Crippen molar-refractivity contribution in [2.45, 2.75) is 24.9 Å². The van der Waals surface area contributed by atoms with Crippen molar-refractivity contribution in [3.8, 4) is 0 Å². The Hall–Kier alpha value is -1.14. The Morgan fingerprint density at radius 1 is 1.22 bits per heavy atom. The summed E-state index contributed by atoms with van der Waals surface area (Å²) >= 11 is 3.86. The molecule has 1 aliphatic heterocycles. The zero-order valence-corrected chi connectivity index (χ0v) is 15.1. The van der Waals surface area contributed by atoms with E-state index in [1.807, 2.05) is 61.6 Å². The number of carbonyl (C=O) groups excluding carboxylic acids is 1. The summed E-state index contributed by atoms with van der Waals surface area (Å²) in [4.78, 5) is 23.4. The van der Waals surface area contributed by atoms with Crippen LogP contribution in [0.3, 0.4) is 0 Å². The lowest BCUT2D eigenvalue weighted by molar-refractivity contribution is -0.142. The molecular formula is C17H23NO3S2. The van der Waals surface area contributed by atoms with Crippen LogP contribution in [0.2, 0.25) is 0 Å². The second-order valence-electron chi connectivity index (χ2n) is 6.07. The monoisotopic (exact) mass is 353 g/mol. The van der Waals surface area contributed by atoms with Crippen molar-refractivity contribution < 1.29 is 14.7 Å². The number of benzene rings is 1. The highest BCUT2D eigenvalue weighted by atomic mass is 32.2. The molecule has 0 bridgehead atoms. The van der Waals surface area contributed by atoms with Gasteiger partial charge < -0.3 is 10.4 Å². The molecule has 0 aliphatic carbocycles. The van der Waals surface area contributed by atoms with Gasteiger partial charge >= 0.3 is 5.97 Å². The van der Waals surface area contributed by atoms with Gasteiger partial charge in [-0.15, -0.1) is 23.5 Å². The van der Waals surface area contributed by atoms with Crippen LogP contribution < -0.4 is 5.32 Å². The molecule has 1 unspecified atom stereocenters. The molecule has 2 N–H and O–H groups in total. The molecule has 1 atom stereocenters. The standard InChI is InChI=1S/C17H23NO3S2/c1-11(2)9-14(16(20)21)10-18-15(19)12-3-5-13(6-4-12)17-22-7-8-23-17/h3-6,11,14,17H,7-10H2,1-2H3,(H,18,19)(H,20,21). The van der Waals surface area contributed by atoms with Gasteiger partial charge in [0.1, 0.15) is 0 Å². The smallest absolute Gasteiger partial charge is 0.308 e. The van der Waals surface area contributed by atoms with E-state index in [4.69, 9.17) is 0 Å². The SMILES string of the molecule is CC(C)CC(CNC(=O)c1ccc(C2SCCS2)cc1)C(=O)O. The first-order chi connectivity index (χ1) is 11.0. The quantitative estimate of drug-likeness (QED) is 0.783. The van der Waals surface area contributed by atoms with Crippen LogP contribution in [-0.2, 0) is 4.79 Å². The van der Waals surface area contributed by atoms with Crippen LogP contribution in [0.5, 0.6) is 0 Å². The van der Waals surface area contributed by atoms with Gasteiger partial charge in [0, 0.05) is 23.6 Å². The summed E-state index contributed by atoms with van der Waals surface area (Å²) in [5, 5.41) is 12.0. The van der Waals surface area contributed by atoms with Gasteiger partial charge in [-0.25, -0.2) is 0 Å². The summed E-state index contributed by atoms with van der Waals surface area (Å²) < 4.78 is 0.467. The van der Waals surface area contributed by atoms with E-state index < -0.39 is 11.9 Å². The topological polar surface area (TPSA) is 66.4 Å². The van der Waals surface area contributed by atoms with E-state index in [9.17, 15) is 14.7 Å². The third-order valence-corrected chi connectivity index (χ3v) is 6.79. The first-order valence-electron chi connectivity index (χ1n) is 7.81. The minimum Gasteiger partial charge on any atom is -0.481 e. The van der Waals surface area contributed by atoms with Crippen molar-refractivity contribution in [2.24, 2.45) is 11.8 Å². The molecular weight excluding hydrogens is 330 g/mol. The zero-order valence-electron chi connectivity index (χ0n) is 13.5. The number of hydrogen-bond donors (Lipinski definition) is 2. The van der Waals surface area contributed by atoms with Crippen LogP contribution in [0.25, 0.3) is 0 Å². The normalized spacial score (nSPS) is 16.5. The molecule has 2 rings (SSSR count). The van der Waals surface area contributed by atoms with Crippen molar-refractivity contribution in [3.63, 3.8) is 0 Å². The molecule has 6 heteroatoms. The van der Waals surface area contributed by atoms with E-state index in [2.05, 4.69) is 5.32 Å². The predicted molar refractivity (Wildman–Crippen MR) is 97.0 cm³/mol.